The molecule has 0 aliphatic heterocycles. The number of sulfonamides is 1. The Hall–Kier alpha value is -1.83. The number of nitrogen functional groups attached to an aromatic ring is 1. The molecule has 0 fully saturated rings. The van der Waals surface area contributed by atoms with E-state index in [1.807, 2.05) is 0 Å². The molecule has 0 saturated heterocycles. The molecule has 0 atom stereocenters. The van der Waals surface area contributed by atoms with Gasteiger partial charge in [0.25, 0.3) is 10.0 Å². The fraction of sp³-hybridized carbons (Fsp3) is 0. The van der Waals surface area contributed by atoms with E-state index >= 15 is 0 Å². The minimum Gasteiger partial charge on any atom is -0.323 e. The third-order valence-corrected chi connectivity index (χ3v) is 4.24. The molecule has 0 unspecified atom stereocenters. The number of hydrogen-bond acceptors (Lipinski definition) is 4. The van der Waals surface area contributed by atoms with E-state index in [1.165, 1.54) is 18.2 Å². The maximum absolute atomic E-state index is 12.9. The number of anilines is 2. The second-order valence-electron chi connectivity index (χ2n) is 3.87. The van der Waals surface area contributed by atoms with Crippen molar-refractivity contribution in [2.75, 3.05) is 10.1 Å². The van der Waals surface area contributed by atoms with Crippen molar-refractivity contribution in [2.24, 2.45) is 5.84 Å². The average molecular weight is 316 g/mol. The van der Waals surface area contributed by atoms with E-state index in [1.54, 1.807) is 12.1 Å². The van der Waals surface area contributed by atoms with Gasteiger partial charge in [0.15, 0.2) is 0 Å². The summed E-state index contributed by atoms with van der Waals surface area (Å²) in [5.74, 6) is 4.72. The predicted octanol–water partition coefficient (Wildman–Crippen LogP) is 2.57. The zero-order chi connectivity index (χ0) is 14.8. The molecule has 106 valence electrons. The van der Waals surface area contributed by atoms with Gasteiger partial charge in [0.05, 0.1) is 16.4 Å². The lowest BCUT2D eigenvalue weighted by molar-refractivity contribution is 0.601. The molecular weight excluding hydrogens is 305 g/mol. The summed E-state index contributed by atoms with van der Waals surface area (Å²) in [5, 5.41) is -0.0354. The molecule has 4 N–H and O–H groups in total. The molecule has 5 nitrogen and oxygen atoms in total. The van der Waals surface area contributed by atoms with Crippen LogP contribution in [0.3, 0.4) is 0 Å². The van der Waals surface area contributed by atoms with Crippen LogP contribution in [-0.4, -0.2) is 8.42 Å². The smallest absolute Gasteiger partial charge is 0.264 e. The zero-order valence-corrected chi connectivity index (χ0v) is 11.7. The summed E-state index contributed by atoms with van der Waals surface area (Å²) in [7, 11) is -3.89. The molecule has 0 heterocycles. The van der Waals surface area contributed by atoms with Gasteiger partial charge in [0.1, 0.15) is 10.7 Å². The summed E-state index contributed by atoms with van der Waals surface area (Å²) in [6, 6.07) is 9.47. The van der Waals surface area contributed by atoms with Crippen LogP contribution in [0, 0.1) is 5.82 Å². The van der Waals surface area contributed by atoms with Crippen LogP contribution >= 0.6 is 11.6 Å². The molecule has 0 saturated carbocycles. The van der Waals surface area contributed by atoms with Crippen LogP contribution in [0.15, 0.2) is 47.4 Å². The molecular formula is C12H11ClFN3O2S. The lowest BCUT2D eigenvalue weighted by atomic mass is 10.3. The van der Waals surface area contributed by atoms with E-state index < -0.39 is 15.8 Å². The van der Waals surface area contributed by atoms with Crippen LogP contribution in [-0.2, 0) is 10.0 Å². The fourth-order valence-corrected chi connectivity index (χ4v) is 3.11. The Morgan fingerprint density at radius 3 is 2.45 bits per heavy atom. The van der Waals surface area contributed by atoms with Crippen LogP contribution in [0.5, 0.6) is 0 Å². The highest BCUT2D eigenvalue weighted by Crippen LogP contribution is 2.27. The van der Waals surface area contributed by atoms with Gasteiger partial charge in [-0.3, -0.25) is 10.6 Å². The van der Waals surface area contributed by atoms with Crippen LogP contribution < -0.4 is 16.0 Å². The summed E-state index contributed by atoms with van der Waals surface area (Å²) in [5.41, 5.74) is 2.62. The molecule has 0 aromatic heterocycles. The number of nitrogens with one attached hydrogen (secondary N) is 2. The van der Waals surface area contributed by atoms with E-state index in [0.29, 0.717) is 0 Å². The van der Waals surface area contributed by atoms with Crippen molar-refractivity contribution in [1.82, 2.24) is 0 Å². The van der Waals surface area contributed by atoms with Gasteiger partial charge >= 0.3 is 0 Å². The maximum Gasteiger partial charge on any atom is 0.264 e. The van der Waals surface area contributed by atoms with Crippen LogP contribution in [0.1, 0.15) is 0 Å². The van der Waals surface area contributed by atoms with Gasteiger partial charge in [-0.2, -0.15) is 0 Å². The Morgan fingerprint density at radius 1 is 1.10 bits per heavy atom. The molecule has 0 bridgehead atoms. The van der Waals surface area contributed by atoms with Gasteiger partial charge in [-0.05, 0) is 30.3 Å². The molecule has 20 heavy (non-hydrogen) atoms. The van der Waals surface area contributed by atoms with Gasteiger partial charge < -0.3 is 5.43 Å². The summed E-state index contributed by atoms with van der Waals surface area (Å²) in [4.78, 5) is -0.0390. The second-order valence-corrected chi connectivity index (χ2v) is 5.93. The van der Waals surface area contributed by atoms with Crippen molar-refractivity contribution in [1.29, 1.82) is 0 Å². The quantitative estimate of drug-likeness (QED) is 0.598. The van der Waals surface area contributed by atoms with E-state index in [9.17, 15) is 12.8 Å². The van der Waals surface area contributed by atoms with Crippen molar-refractivity contribution in [2.45, 2.75) is 4.90 Å². The van der Waals surface area contributed by atoms with E-state index in [-0.39, 0.29) is 21.3 Å². The normalized spacial score (nSPS) is 11.2. The van der Waals surface area contributed by atoms with Gasteiger partial charge in [-0.1, -0.05) is 23.7 Å². The Labute approximate surface area is 120 Å². The van der Waals surface area contributed by atoms with Crippen molar-refractivity contribution in [3.63, 3.8) is 0 Å². The van der Waals surface area contributed by atoms with Gasteiger partial charge in [0, 0.05) is 0 Å². The van der Waals surface area contributed by atoms with E-state index in [0.717, 1.165) is 12.1 Å². The molecule has 2 aromatic carbocycles. The minimum atomic E-state index is -3.89. The highest BCUT2D eigenvalue weighted by Gasteiger charge is 2.19. The first kappa shape index (κ1) is 14.6. The maximum atomic E-state index is 12.9. The third-order valence-electron chi connectivity index (χ3n) is 2.51. The lowest BCUT2D eigenvalue weighted by Gasteiger charge is -2.12. The number of nitrogens with two attached hydrogens (primary N) is 1. The SMILES string of the molecule is NNc1ccccc1S(=O)(=O)Nc1ccc(F)cc1Cl. The molecule has 0 aliphatic carbocycles. The lowest BCUT2D eigenvalue weighted by Crippen LogP contribution is -2.17. The third kappa shape index (κ3) is 3.01. The number of benzene rings is 2. The van der Waals surface area contributed by atoms with Crippen LogP contribution in [0.25, 0.3) is 0 Å². The summed E-state index contributed by atoms with van der Waals surface area (Å²) in [6.07, 6.45) is 0. The molecule has 0 amide bonds. The molecule has 0 aliphatic rings. The molecule has 0 radical (unpaired) electrons. The van der Waals surface area contributed by atoms with Crippen LogP contribution in [0.4, 0.5) is 15.8 Å². The zero-order valence-electron chi connectivity index (χ0n) is 10.1. The van der Waals surface area contributed by atoms with Gasteiger partial charge in [-0.15, -0.1) is 0 Å². The number of para-hydroxylation sites is 1. The largest absolute Gasteiger partial charge is 0.323 e. The van der Waals surface area contributed by atoms with Gasteiger partial charge in [0.2, 0.25) is 0 Å². The van der Waals surface area contributed by atoms with E-state index in [4.69, 9.17) is 17.4 Å². The Bertz CT molecular complexity index is 737. The number of hydrazine groups is 1. The number of halogens is 2. The molecule has 8 heteroatoms. The Morgan fingerprint density at radius 2 is 1.80 bits per heavy atom. The summed E-state index contributed by atoms with van der Waals surface area (Å²) >= 11 is 5.79. The second kappa shape index (κ2) is 5.66. The summed E-state index contributed by atoms with van der Waals surface area (Å²) in [6.45, 7) is 0. The first-order valence-electron chi connectivity index (χ1n) is 5.47. The Balaban J connectivity index is 2.41. The molecule has 2 aromatic rings. The van der Waals surface area contributed by atoms with Gasteiger partial charge in [-0.25, -0.2) is 12.8 Å². The first-order valence-corrected chi connectivity index (χ1v) is 7.33. The number of rotatable bonds is 4. The van der Waals surface area contributed by atoms with Crippen molar-refractivity contribution >= 4 is 33.0 Å². The van der Waals surface area contributed by atoms with Crippen LogP contribution in [0.2, 0.25) is 5.02 Å². The average Bonchev–Trinajstić information content (AvgIpc) is 2.42. The highest BCUT2D eigenvalue weighted by atomic mass is 35.5. The van der Waals surface area contributed by atoms with Crippen molar-refractivity contribution < 1.29 is 12.8 Å². The fourth-order valence-electron chi connectivity index (χ4n) is 1.59. The number of hydrogen-bond donors (Lipinski definition) is 3. The topological polar surface area (TPSA) is 84.2 Å². The van der Waals surface area contributed by atoms with Crippen molar-refractivity contribution in [3.05, 3.63) is 53.3 Å². The highest BCUT2D eigenvalue weighted by molar-refractivity contribution is 7.92. The predicted molar refractivity (Wildman–Crippen MR) is 76.5 cm³/mol. The Kier molecular flexibility index (Phi) is 4.12. The molecule has 0 spiro atoms. The van der Waals surface area contributed by atoms with E-state index in [2.05, 4.69) is 10.1 Å². The minimum absolute atomic E-state index is 0.0354. The molecule has 2 rings (SSSR count). The summed E-state index contributed by atoms with van der Waals surface area (Å²) < 4.78 is 39.7. The monoisotopic (exact) mass is 315 g/mol. The van der Waals surface area contributed by atoms with Crippen molar-refractivity contribution in [3.8, 4) is 0 Å². The first-order chi connectivity index (χ1) is 9.44. The standard InChI is InChI=1S/C12H11ClFN3O2S/c13-9-7-8(14)5-6-10(9)17-20(18,19)12-4-2-1-3-11(12)16-15/h1-7,16-17H,15H2.